The Labute approximate surface area is 184 Å². The molecule has 4 rings (SSSR count). The highest BCUT2D eigenvalue weighted by Gasteiger charge is 2.04. The summed E-state index contributed by atoms with van der Waals surface area (Å²) in [4.78, 5) is 23.9. The summed E-state index contributed by atoms with van der Waals surface area (Å²) in [5, 5.41) is 0.537. The first-order valence-corrected chi connectivity index (χ1v) is 10.3. The first-order valence-electron chi connectivity index (χ1n) is 10.3. The largest absolute Gasteiger partial charge is 0.494 e. The van der Waals surface area contributed by atoms with Gasteiger partial charge < -0.3 is 18.3 Å². The molecule has 32 heavy (non-hydrogen) atoms. The minimum Gasteiger partial charge on any atom is -0.494 e. The van der Waals surface area contributed by atoms with E-state index in [0.717, 1.165) is 12.8 Å². The molecule has 162 valence electrons. The Morgan fingerprint density at radius 1 is 0.844 bits per heavy atom. The molecule has 0 radical (unpaired) electrons. The number of hydrogen-bond acceptors (Lipinski definition) is 6. The summed E-state index contributed by atoms with van der Waals surface area (Å²) in [5.74, 6) is 1.91. The van der Waals surface area contributed by atoms with Crippen LogP contribution >= 0.6 is 0 Å². The predicted octanol–water partition coefficient (Wildman–Crippen LogP) is 5.52. The molecule has 0 aliphatic rings. The van der Waals surface area contributed by atoms with Crippen LogP contribution in [0.25, 0.3) is 17.0 Å². The van der Waals surface area contributed by atoms with Crippen LogP contribution in [0.3, 0.4) is 0 Å². The van der Waals surface area contributed by atoms with Gasteiger partial charge in [0, 0.05) is 17.7 Å². The number of allylic oxidation sites excluding steroid dienone is 1. The number of carbonyl (C=O) groups is 1. The molecule has 4 aromatic rings. The second kappa shape index (κ2) is 10.3. The van der Waals surface area contributed by atoms with E-state index in [0.29, 0.717) is 47.0 Å². The molecule has 0 spiro atoms. The maximum Gasteiger partial charge on any atom is 0.192 e. The molecule has 0 unspecified atom stereocenters. The standard InChI is InChI=1S/C26H22O6/c27-24(12-10-20-4-3-16-30-20)19-5-7-21(8-6-19)29-14-1-2-15-31-22-9-11-23-25(28)13-17-32-26(23)18-22/h3-13,16-18H,1-2,14-15H2/b12-10+. The Bertz CT molecular complexity index is 1250. The molecular formula is C26H22O6. The van der Waals surface area contributed by atoms with Crippen LogP contribution in [-0.2, 0) is 0 Å². The van der Waals surface area contributed by atoms with Crippen molar-refractivity contribution < 1.29 is 23.1 Å². The van der Waals surface area contributed by atoms with Crippen molar-refractivity contribution in [3.63, 3.8) is 0 Å². The van der Waals surface area contributed by atoms with E-state index in [1.54, 1.807) is 66.9 Å². The van der Waals surface area contributed by atoms with Gasteiger partial charge in [0.2, 0.25) is 0 Å². The Morgan fingerprint density at radius 2 is 1.59 bits per heavy atom. The highest BCUT2D eigenvalue weighted by atomic mass is 16.5. The SMILES string of the molecule is O=C(/C=C/c1ccco1)c1ccc(OCCCCOc2ccc3c(=O)ccoc3c2)cc1. The van der Waals surface area contributed by atoms with Gasteiger partial charge in [0.15, 0.2) is 11.2 Å². The van der Waals surface area contributed by atoms with Crippen LogP contribution in [0, 0.1) is 0 Å². The van der Waals surface area contributed by atoms with Crippen molar-refractivity contribution in [3.8, 4) is 11.5 Å². The zero-order valence-electron chi connectivity index (χ0n) is 17.4. The molecule has 0 aliphatic heterocycles. The van der Waals surface area contributed by atoms with E-state index in [2.05, 4.69) is 0 Å². The van der Waals surface area contributed by atoms with Crippen LogP contribution in [0.4, 0.5) is 0 Å². The van der Waals surface area contributed by atoms with Crippen LogP contribution in [0.5, 0.6) is 11.5 Å². The fourth-order valence-corrected chi connectivity index (χ4v) is 3.09. The van der Waals surface area contributed by atoms with Gasteiger partial charge in [-0.1, -0.05) is 0 Å². The summed E-state index contributed by atoms with van der Waals surface area (Å²) < 4.78 is 22.0. The third-order valence-corrected chi connectivity index (χ3v) is 4.79. The highest BCUT2D eigenvalue weighted by Crippen LogP contribution is 2.19. The van der Waals surface area contributed by atoms with E-state index in [1.165, 1.54) is 18.4 Å². The third-order valence-electron chi connectivity index (χ3n) is 4.79. The Balaban J connectivity index is 1.17. The second-order valence-corrected chi connectivity index (χ2v) is 7.08. The number of ether oxygens (including phenoxy) is 2. The van der Waals surface area contributed by atoms with Gasteiger partial charge >= 0.3 is 0 Å². The lowest BCUT2D eigenvalue weighted by Gasteiger charge is -2.08. The van der Waals surface area contributed by atoms with E-state index in [1.807, 2.05) is 0 Å². The van der Waals surface area contributed by atoms with E-state index in [-0.39, 0.29) is 11.2 Å². The van der Waals surface area contributed by atoms with Crippen molar-refractivity contribution in [2.45, 2.75) is 12.8 Å². The maximum absolute atomic E-state index is 12.2. The molecule has 6 heteroatoms. The second-order valence-electron chi connectivity index (χ2n) is 7.08. The van der Waals surface area contributed by atoms with Crippen molar-refractivity contribution in [2.75, 3.05) is 13.2 Å². The first kappa shape index (κ1) is 21.2. The zero-order valence-corrected chi connectivity index (χ0v) is 17.4. The average molecular weight is 430 g/mol. The third kappa shape index (κ3) is 5.55. The number of hydrogen-bond donors (Lipinski definition) is 0. The number of carbonyl (C=O) groups excluding carboxylic acids is 1. The average Bonchev–Trinajstić information content (AvgIpc) is 3.34. The fraction of sp³-hybridized carbons (Fsp3) is 0.154. The summed E-state index contributed by atoms with van der Waals surface area (Å²) in [7, 11) is 0. The van der Waals surface area contributed by atoms with Crippen LogP contribution in [0.1, 0.15) is 29.0 Å². The zero-order chi connectivity index (χ0) is 22.2. The molecule has 0 bridgehead atoms. The maximum atomic E-state index is 12.2. The monoisotopic (exact) mass is 430 g/mol. The predicted molar refractivity (Wildman–Crippen MR) is 121 cm³/mol. The molecule has 0 aliphatic carbocycles. The van der Waals surface area contributed by atoms with Crippen molar-refractivity contribution in [2.24, 2.45) is 0 Å². The van der Waals surface area contributed by atoms with Crippen LogP contribution in [0.15, 0.2) is 92.9 Å². The molecular weight excluding hydrogens is 408 g/mol. The van der Waals surface area contributed by atoms with E-state index in [9.17, 15) is 9.59 Å². The molecule has 0 amide bonds. The summed E-state index contributed by atoms with van der Waals surface area (Å²) in [6, 6.07) is 17.2. The van der Waals surface area contributed by atoms with Gasteiger partial charge in [-0.25, -0.2) is 0 Å². The van der Waals surface area contributed by atoms with E-state index >= 15 is 0 Å². The van der Waals surface area contributed by atoms with Gasteiger partial charge in [0.05, 0.1) is 31.1 Å². The fourth-order valence-electron chi connectivity index (χ4n) is 3.09. The summed E-state index contributed by atoms with van der Waals surface area (Å²) in [5.41, 5.74) is 1.02. The lowest BCUT2D eigenvalue weighted by molar-refractivity contribution is 0.104. The van der Waals surface area contributed by atoms with Gasteiger partial charge in [0.1, 0.15) is 22.8 Å². The first-order chi connectivity index (χ1) is 15.7. The number of rotatable bonds is 10. The van der Waals surface area contributed by atoms with Gasteiger partial charge in [-0.05, 0) is 73.5 Å². The van der Waals surface area contributed by atoms with Crippen LogP contribution < -0.4 is 14.9 Å². The van der Waals surface area contributed by atoms with Crippen molar-refractivity contribution in [1.29, 1.82) is 0 Å². The quantitative estimate of drug-likeness (QED) is 0.187. The smallest absolute Gasteiger partial charge is 0.192 e. The minimum absolute atomic E-state index is 0.0716. The normalized spacial score (nSPS) is 11.1. The summed E-state index contributed by atoms with van der Waals surface area (Å²) in [6.45, 7) is 1.07. The van der Waals surface area contributed by atoms with Crippen LogP contribution in [-0.4, -0.2) is 19.0 Å². The van der Waals surface area contributed by atoms with E-state index < -0.39 is 0 Å². The number of furan rings is 1. The number of ketones is 1. The Hall–Kier alpha value is -4.06. The van der Waals surface area contributed by atoms with Crippen LogP contribution in [0.2, 0.25) is 0 Å². The summed E-state index contributed by atoms with van der Waals surface area (Å²) in [6.07, 6.45) is 7.69. The van der Waals surface area contributed by atoms with Gasteiger partial charge in [-0.3, -0.25) is 9.59 Å². The van der Waals surface area contributed by atoms with Crippen molar-refractivity contribution in [3.05, 3.63) is 101 Å². The van der Waals surface area contributed by atoms with Gasteiger partial charge in [0.25, 0.3) is 0 Å². The molecule has 0 atom stereocenters. The summed E-state index contributed by atoms with van der Waals surface area (Å²) >= 11 is 0. The molecule has 2 aromatic carbocycles. The molecule has 6 nitrogen and oxygen atoms in total. The molecule has 0 saturated carbocycles. The van der Waals surface area contributed by atoms with Crippen molar-refractivity contribution >= 4 is 22.8 Å². The topological polar surface area (TPSA) is 78.9 Å². The molecule has 2 aromatic heterocycles. The lowest BCUT2D eigenvalue weighted by Crippen LogP contribution is -2.03. The van der Waals surface area contributed by atoms with Crippen molar-refractivity contribution in [1.82, 2.24) is 0 Å². The Morgan fingerprint density at radius 3 is 2.34 bits per heavy atom. The molecule has 0 fully saturated rings. The number of benzene rings is 2. The number of fused-ring (bicyclic) bond motifs is 1. The minimum atomic E-state index is -0.0990. The van der Waals surface area contributed by atoms with Gasteiger partial charge in [-0.15, -0.1) is 0 Å². The number of unbranched alkanes of at least 4 members (excludes halogenated alkanes) is 1. The molecule has 2 heterocycles. The highest BCUT2D eigenvalue weighted by molar-refractivity contribution is 6.06. The molecule has 0 N–H and O–H groups in total. The van der Waals surface area contributed by atoms with Gasteiger partial charge in [-0.2, -0.15) is 0 Å². The molecule has 0 saturated heterocycles. The van der Waals surface area contributed by atoms with E-state index in [4.69, 9.17) is 18.3 Å². The lowest BCUT2D eigenvalue weighted by atomic mass is 10.1. The Kier molecular flexibility index (Phi) is 6.82.